The van der Waals surface area contributed by atoms with Crippen molar-refractivity contribution >= 4 is 10.9 Å². The Bertz CT molecular complexity index is 469. The Morgan fingerprint density at radius 1 is 1.38 bits per heavy atom. The van der Waals surface area contributed by atoms with Gasteiger partial charge >= 0.3 is 0 Å². The van der Waals surface area contributed by atoms with Gasteiger partial charge in [-0.05, 0) is 37.9 Å². The number of piperidine rings is 1. The maximum atomic E-state index is 4.48. The smallest absolute Gasteiger partial charge is 0.0682 e. The van der Waals surface area contributed by atoms with Crippen molar-refractivity contribution in [1.29, 1.82) is 0 Å². The molecular formula is C13H17N3. The average molecular weight is 215 g/mol. The quantitative estimate of drug-likeness (QED) is 0.830. The van der Waals surface area contributed by atoms with Gasteiger partial charge in [0.2, 0.25) is 0 Å². The van der Waals surface area contributed by atoms with Crippen molar-refractivity contribution in [2.24, 2.45) is 5.92 Å². The minimum atomic E-state index is 0.733. The van der Waals surface area contributed by atoms with E-state index in [0.29, 0.717) is 0 Å². The molecule has 3 heteroatoms. The standard InChI is InChI=1S/C13H17N3/c1-2-6-13-12(5-1)9-15-16(13)10-11-4-3-7-14-8-11/h1-2,5-6,9,11,14H,3-4,7-8,10H2/t11-/m0/s1. The molecule has 84 valence electrons. The molecule has 1 atom stereocenters. The fourth-order valence-corrected chi connectivity index (χ4v) is 2.50. The summed E-state index contributed by atoms with van der Waals surface area (Å²) in [5.74, 6) is 0.733. The van der Waals surface area contributed by atoms with Crippen molar-refractivity contribution in [3.05, 3.63) is 30.5 Å². The van der Waals surface area contributed by atoms with Gasteiger partial charge in [0.1, 0.15) is 0 Å². The van der Waals surface area contributed by atoms with Gasteiger partial charge in [-0.25, -0.2) is 0 Å². The fourth-order valence-electron chi connectivity index (χ4n) is 2.50. The summed E-state index contributed by atoms with van der Waals surface area (Å²) in [5, 5.41) is 9.17. The van der Waals surface area contributed by atoms with E-state index in [4.69, 9.17) is 0 Å². The molecule has 1 aromatic heterocycles. The zero-order valence-electron chi connectivity index (χ0n) is 9.39. The highest BCUT2D eigenvalue weighted by Gasteiger charge is 2.14. The third-order valence-corrected chi connectivity index (χ3v) is 3.38. The van der Waals surface area contributed by atoms with Gasteiger partial charge in [0.25, 0.3) is 0 Å². The zero-order chi connectivity index (χ0) is 10.8. The van der Waals surface area contributed by atoms with Gasteiger partial charge in [-0.15, -0.1) is 0 Å². The second kappa shape index (κ2) is 4.26. The molecule has 0 unspecified atom stereocenters. The van der Waals surface area contributed by atoms with Crippen molar-refractivity contribution in [1.82, 2.24) is 15.1 Å². The summed E-state index contributed by atoms with van der Waals surface area (Å²) >= 11 is 0. The number of hydrogen-bond donors (Lipinski definition) is 1. The summed E-state index contributed by atoms with van der Waals surface area (Å²) in [6.07, 6.45) is 4.58. The first-order valence-electron chi connectivity index (χ1n) is 6.05. The van der Waals surface area contributed by atoms with Crippen LogP contribution in [0.2, 0.25) is 0 Å². The number of fused-ring (bicyclic) bond motifs is 1. The molecule has 2 aromatic rings. The highest BCUT2D eigenvalue weighted by atomic mass is 15.3. The first-order chi connectivity index (χ1) is 7.93. The van der Waals surface area contributed by atoms with Crippen LogP contribution in [0.15, 0.2) is 30.5 Å². The Labute approximate surface area is 95.5 Å². The van der Waals surface area contributed by atoms with E-state index in [2.05, 4.69) is 39.4 Å². The van der Waals surface area contributed by atoms with Crippen LogP contribution in [-0.2, 0) is 6.54 Å². The zero-order valence-corrected chi connectivity index (χ0v) is 9.39. The number of rotatable bonds is 2. The molecule has 0 bridgehead atoms. The minimum absolute atomic E-state index is 0.733. The lowest BCUT2D eigenvalue weighted by Gasteiger charge is -2.22. The second-order valence-electron chi connectivity index (χ2n) is 4.60. The molecule has 1 fully saturated rings. The molecule has 2 heterocycles. The molecule has 1 aliphatic heterocycles. The Balaban J connectivity index is 1.83. The molecule has 0 saturated carbocycles. The van der Waals surface area contributed by atoms with E-state index in [1.807, 2.05) is 6.20 Å². The SMILES string of the molecule is c1ccc2c(c1)cnn2C[C@H]1CCCNC1. The van der Waals surface area contributed by atoms with Crippen LogP contribution in [0.25, 0.3) is 10.9 Å². The molecule has 3 nitrogen and oxygen atoms in total. The van der Waals surface area contributed by atoms with E-state index in [-0.39, 0.29) is 0 Å². The number of para-hydroxylation sites is 1. The number of nitrogens with zero attached hydrogens (tertiary/aromatic N) is 2. The highest BCUT2D eigenvalue weighted by Crippen LogP contribution is 2.17. The predicted octanol–water partition coefficient (Wildman–Crippen LogP) is 2.04. The van der Waals surface area contributed by atoms with Gasteiger partial charge < -0.3 is 5.32 Å². The van der Waals surface area contributed by atoms with Crippen LogP contribution in [0.1, 0.15) is 12.8 Å². The van der Waals surface area contributed by atoms with Crippen LogP contribution in [0, 0.1) is 5.92 Å². The van der Waals surface area contributed by atoms with Crippen molar-refractivity contribution in [2.45, 2.75) is 19.4 Å². The Morgan fingerprint density at radius 3 is 3.19 bits per heavy atom. The summed E-state index contributed by atoms with van der Waals surface area (Å²) < 4.78 is 2.15. The summed E-state index contributed by atoms with van der Waals surface area (Å²) in [5.41, 5.74) is 1.26. The lowest BCUT2D eigenvalue weighted by molar-refractivity contribution is 0.329. The van der Waals surface area contributed by atoms with Crippen LogP contribution in [0.4, 0.5) is 0 Å². The van der Waals surface area contributed by atoms with Crippen molar-refractivity contribution in [3.63, 3.8) is 0 Å². The molecule has 1 aromatic carbocycles. The van der Waals surface area contributed by atoms with Gasteiger partial charge in [0.15, 0.2) is 0 Å². The molecule has 0 aliphatic carbocycles. The molecule has 1 N–H and O–H groups in total. The largest absolute Gasteiger partial charge is 0.316 e. The predicted molar refractivity (Wildman–Crippen MR) is 65.3 cm³/mol. The Hall–Kier alpha value is -1.35. The molecule has 0 radical (unpaired) electrons. The summed E-state index contributed by atoms with van der Waals surface area (Å²) in [4.78, 5) is 0. The maximum absolute atomic E-state index is 4.48. The minimum Gasteiger partial charge on any atom is -0.316 e. The first kappa shape index (κ1) is 9.85. The van der Waals surface area contributed by atoms with E-state index in [9.17, 15) is 0 Å². The first-order valence-corrected chi connectivity index (χ1v) is 6.05. The van der Waals surface area contributed by atoms with E-state index in [1.165, 1.54) is 30.3 Å². The van der Waals surface area contributed by atoms with Gasteiger partial charge in [0.05, 0.1) is 11.7 Å². The Kier molecular flexibility index (Phi) is 2.62. The van der Waals surface area contributed by atoms with Crippen LogP contribution >= 0.6 is 0 Å². The third kappa shape index (κ3) is 1.83. The summed E-state index contributed by atoms with van der Waals surface area (Å²) in [7, 11) is 0. The highest BCUT2D eigenvalue weighted by molar-refractivity contribution is 5.78. The Morgan fingerprint density at radius 2 is 2.31 bits per heavy atom. The van der Waals surface area contributed by atoms with E-state index < -0.39 is 0 Å². The second-order valence-corrected chi connectivity index (χ2v) is 4.60. The number of aromatic nitrogens is 2. The molecule has 3 rings (SSSR count). The number of nitrogens with one attached hydrogen (secondary N) is 1. The lowest BCUT2D eigenvalue weighted by atomic mass is 10.00. The summed E-state index contributed by atoms with van der Waals surface area (Å²) in [6.45, 7) is 3.35. The number of benzene rings is 1. The number of hydrogen-bond acceptors (Lipinski definition) is 2. The summed E-state index contributed by atoms with van der Waals surface area (Å²) in [6, 6.07) is 8.42. The molecule has 0 amide bonds. The van der Waals surface area contributed by atoms with E-state index in [1.54, 1.807) is 0 Å². The third-order valence-electron chi connectivity index (χ3n) is 3.38. The lowest BCUT2D eigenvalue weighted by Crippen LogP contribution is -2.32. The molecule has 16 heavy (non-hydrogen) atoms. The van der Waals surface area contributed by atoms with Gasteiger partial charge in [-0.2, -0.15) is 5.10 Å². The average Bonchev–Trinajstić information content (AvgIpc) is 2.74. The normalized spacial score (nSPS) is 21.4. The maximum Gasteiger partial charge on any atom is 0.0682 e. The molecular weight excluding hydrogens is 198 g/mol. The molecule has 1 aliphatic rings. The fraction of sp³-hybridized carbons (Fsp3) is 0.462. The van der Waals surface area contributed by atoms with Crippen LogP contribution in [-0.4, -0.2) is 22.9 Å². The monoisotopic (exact) mass is 215 g/mol. The van der Waals surface area contributed by atoms with Crippen molar-refractivity contribution in [3.8, 4) is 0 Å². The van der Waals surface area contributed by atoms with Crippen molar-refractivity contribution < 1.29 is 0 Å². The molecule has 1 saturated heterocycles. The van der Waals surface area contributed by atoms with Crippen LogP contribution in [0.3, 0.4) is 0 Å². The van der Waals surface area contributed by atoms with E-state index >= 15 is 0 Å². The van der Waals surface area contributed by atoms with Crippen molar-refractivity contribution in [2.75, 3.05) is 13.1 Å². The van der Waals surface area contributed by atoms with E-state index in [0.717, 1.165) is 19.0 Å². The topological polar surface area (TPSA) is 29.9 Å². The van der Waals surface area contributed by atoms with Crippen LogP contribution in [0.5, 0.6) is 0 Å². The molecule has 0 spiro atoms. The van der Waals surface area contributed by atoms with Gasteiger partial charge in [-0.3, -0.25) is 4.68 Å². The van der Waals surface area contributed by atoms with Crippen LogP contribution < -0.4 is 5.32 Å². The van der Waals surface area contributed by atoms with Gasteiger partial charge in [-0.1, -0.05) is 18.2 Å². The van der Waals surface area contributed by atoms with Gasteiger partial charge in [0, 0.05) is 11.9 Å².